The quantitative estimate of drug-likeness (QED) is 0.639. The molecule has 0 unspecified atom stereocenters. The zero-order valence-corrected chi connectivity index (χ0v) is 12.1. The third kappa shape index (κ3) is 3.81. The van der Waals surface area contributed by atoms with Gasteiger partial charge in [0.1, 0.15) is 0 Å². The van der Waals surface area contributed by atoms with Gasteiger partial charge in [0.2, 0.25) is 0 Å². The monoisotopic (exact) mass is 343 g/mol. The second-order valence-electron chi connectivity index (χ2n) is 4.50. The van der Waals surface area contributed by atoms with Gasteiger partial charge in [-0.15, -0.1) is 0 Å². The molecule has 0 bridgehead atoms. The number of nitrogens with one attached hydrogen (secondary N) is 1. The molecule has 0 heterocycles. The first kappa shape index (κ1) is 16.8. The highest BCUT2D eigenvalue weighted by Gasteiger charge is 2.31. The second-order valence-corrected chi connectivity index (χ2v) is 4.90. The number of alkyl halides is 3. The van der Waals surface area contributed by atoms with Crippen LogP contribution in [0.1, 0.15) is 15.9 Å². The Balaban J connectivity index is 2.44. The van der Waals surface area contributed by atoms with Crippen molar-refractivity contribution in [3.05, 3.63) is 58.6 Å². The standard InChI is InChI=1S/C15H9ClF3NO3/c16-10-6-5-8(15(17,18)19)7-12(10)20-11-4-2-1-3-9(11)13(21)14(22)23/h1-7,20H,(H,22,23). The molecule has 2 aromatic rings. The van der Waals surface area contributed by atoms with E-state index < -0.39 is 23.5 Å². The van der Waals surface area contributed by atoms with Crippen LogP contribution in [0.4, 0.5) is 24.5 Å². The molecule has 0 aliphatic rings. The van der Waals surface area contributed by atoms with E-state index in [1.165, 1.54) is 24.3 Å². The van der Waals surface area contributed by atoms with E-state index in [4.69, 9.17) is 16.7 Å². The molecule has 0 aromatic heterocycles. The highest BCUT2D eigenvalue weighted by Crippen LogP contribution is 2.35. The molecular weight excluding hydrogens is 335 g/mol. The number of aliphatic carboxylic acids is 1. The molecule has 0 radical (unpaired) electrons. The highest BCUT2D eigenvalue weighted by atomic mass is 35.5. The summed E-state index contributed by atoms with van der Waals surface area (Å²) in [6.45, 7) is 0. The summed E-state index contributed by atoms with van der Waals surface area (Å²) in [6, 6.07) is 8.23. The minimum Gasteiger partial charge on any atom is -0.475 e. The fourth-order valence-corrected chi connectivity index (χ4v) is 2.01. The van der Waals surface area contributed by atoms with Crippen molar-refractivity contribution in [3.63, 3.8) is 0 Å². The highest BCUT2D eigenvalue weighted by molar-refractivity contribution is 6.41. The van der Waals surface area contributed by atoms with Crippen molar-refractivity contribution >= 4 is 34.7 Å². The molecule has 0 saturated carbocycles. The summed E-state index contributed by atoms with van der Waals surface area (Å²) >= 11 is 5.86. The SMILES string of the molecule is O=C(O)C(=O)c1ccccc1Nc1cc(C(F)(F)F)ccc1Cl. The number of carbonyl (C=O) groups excluding carboxylic acids is 1. The molecule has 0 atom stereocenters. The lowest BCUT2D eigenvalue weighted by molar-refractivity contribution is -0.137. The van der Waals surface area contributed by atoms with E-state index in [1.54, 1.807) is 0 Å². The van der Waals surface area contributed by atoms with Gasteiger partial charge in [-0.3, -0.25) is 4.79 Å². The van der Waals surface area contributed by atoms with Crippen LogP contribution in [0.15, 0.2) is 42.5 Å². The van der Waals surface area contributed by atoms with Gasteiger partial charge in [-0.2, -0.15) is 13.2 Å². The predicted octanol–water partition coefficient (Wildman–Crippen LogP) is 4.37. The van der Waals surface area contributed by atoms with Crippen LogP contribution in [-0.4, -0.2) is 16.9 Å². The van der Waals surface area contributed by atoms with Crippen molar-refractivity contribution in [2.24, 2.45) is 0 Å². The molecule has 2 aromatic carbocycles. The Hall–Kier alpha value is -2.54. The molecule has 0 amide bonds. The van der Waals surface area contributed by atoms with Crippen LogP contribution >= 0.6 is 11.6 Å². The van der Waals surface area contributed by atoms with Crippen LogP contribution < -0.4 is 5.32 Å². The van der Waals surface area contributed by atoms with Crippen LogP contribution in [0.5, 0.6) is 0 Å². The first-order chi connectivity index (χ1) is 10.7. The fraction of sp³-hybridized carbons (Fsp3) is 0.0667. The lowest BCUT2D eigenvalue weighted by Crippen LogP contribution is -2.14. The summed E-state index contributed by atoms with van der Waals surface area (Å²) in [7, 11) is 0. The molecule has 2 rings (SSSR count). The lowest BCUT2D eigenvalue weighted by atomic mass is 10.1. The number of ketones is 1. The number of hydrogen-bond donors (Lipinski definition) is 2. The smallest absolute Gasteiger partial charge is 0.416 e. The average Bonchev–Trinajstić information content (AvgIpc) is 2.48. The summed E-state index contributed by atoms with van der Waals surface area (Å²) < 4.78 is 38.2. The Bertz CT molecular complexity index is 775. The van der Waals surface area contributed by atoms with Crippen molar-refractivity contribution in [1.29, 1.82) is 0 Å². The van der Waals surface area contributed by atoms with E-state index in [0.717, 1.165) is 18.2 Å². The number of benzene rings is 2. The van der Waals surface area contributed by atoms with E-state index in [2.05, 4.69) is 5.32 Å². The number of rotatable bonds is 4. The van der Waals surface area contributed by atoms with Gasteiger partial charge in [0, 0.05) is 0 Å². The third-order valence-electron chi connectivity index (χ3n) is 2.93. The van der Waals surface area contributed by atoms with E-state index >= 15 is 0 Å². The Labute approximate surface area is 133 Å². The molecule has 0 fully saturated rings. The number of halogens is 4. The van der Waals surface area contributed by atoms with Gasteiger partial charge in [-0.05, 0) is 30.3 Å². The number of para-hydroxylation sites is 1. The Kier molecular flexibility index (Phi) is 4.60. The normalized spacial score (nSPS) is 11.1. The largest absolute Gasteiger partial charge is 0.475 e. The summed E-state index contributed by atoms with van der Waals surface area (Å²) in [4.78, 5) is 22.4. The Morgan fingerprint density at radius 1 is 1.04 bits per heavy atom. The Morgan fingerprint density at radius 2 is 1.70 bits per heavy atom. The molecule has 2 N–H and O–H groups in total. The fourth-order valence-electron chi connectivity index (χ4n) is 1.85. The minimum absolute atomic E-state index is 0.00410. The molecule has 8 heteroatoms. The summed E-state index contributed by atoms with van der Waals surface area (Å²) in [6.07, 6.45) is -4.56. The van der Waals surface area contributed by atoms with Crippen LogP contribution in [0, 0.1) is 0 Å². The zero-order chi connectivity index (χ0) is 17.2. The first-order valence-electron chi connectivity index (χ1n) is 6.20. The number of hydrogen-bond acceptors (Lipinski definition) is 3. The van der Waals surface area contributed by atoms with Gasteiger partial charge in [-0.1, -0.05) is 23.7 Å². The maximum Gasteiger partial charge on any atom is 0.416 e. The maximum absolute atomic E-state index is 12.7. The van der Waals surface area contributed by atoms with Gasteiger partial charge in [0.05, 0.1) is 27.5 Å². The molecule has 4 nitrogen and oxygen atoms in total. The Morgan fingerprint density at radius 3 is 2.30 bits per heavy atom. The van der Waals surface area contributed by atoms with E-state index in [-0.39, 0.29) is 22.0 Å². The van der Waals surface area contributed by atoms with Gasteiger partial charge in [-0.25, -0.2) is 4.79 Å². The second kappa shape index (κ2) is 6.29. The van der Waals surface area contributed by atoms with Crippen LogP contribution in [0.2, 0.25) is 5.02 Å². The zero-order valence-electron chi connectivity index (χ0n) is 11.3. The number of carboxylic acid groups (broad SMARTS) is 1. The van der Waals surface area contributed by atoms with Crippen molar-refractivity contribution in [3.8, 4) is 0 Å². The lowest BCUT2D eigenvalue weighted by Gasteiger charge is -2.14. The number of carboxylic acids is 1. The van der Waals surface area contributed by atoms with E-state index in [9.17, 15) is 22.8 Å². The van der Waals surface area contributed by atoms with Crippen molar-refractivity contribution < 1.29 is 27.9 Å². The maximum atomic E-state index is 12.7. The first-order valence-corrected chi connectivity index (χ1v) is 6.58. The van der Waals surface area contributed by atoms with Crippen LogP contribution in [-0.2, 0) is 11.0 Å². The van der Waals surface area contributed by atoms with Crippen molar-refractivity contribution in [2.75, 3.05) is 5.32 Å². The summed E-state index contributed by atoms with van der Waals surface area (Å²) in [5, 5.41) is 11.3. The molecule has 23 heavy (non-hydrogen) atoms. The summed E-state index contributed by atoms with van der Waals surface area (Å²) in [5.74, 6) is -2.86. The van der Waals surface area contributed by atoms with Gasteiger partial charge >= 0.3 is 12.1 Å². The van der Waals surface area contributed by atoms with Gasteiger partial charge in [0.25, 0.3) is 5.78 Å². The topological polar surface area (TPSA) is 66.4 Å². The molecule has 0 aliphatic heterocycles. The predicted molar refractivity (Wildman–Crippen MR) is 78.1 cm³/mol. The van der Waals surface area contributed by atoms with Gasteiger partial charge in [0.15, 0.2) is 0 Å². The third-order valence-corrected chi connectivity index (χ3v) is 3.26. The summed E-state index contributed by atoms with van der Waals surface area (Å²) in [5.41, 5.74) is -1.16. The van der Waals surface area contributed by atoms with Crippen molar-refractivity contribution in [1.82, 2.24) is 0 Å². The average molecular weight is 344 g/mol. The molecular formula is C15H9ClF3NO3. The van der Waals surface area contributed by atoms with Crippen molar-refractivity contribution in [2.45, 2.75) is 6.18 Å². The number of Topliss-reactive ketones (excluding diaryl/α,β-unsaturated/α-hetero) is 1. The number of carbonyl (C=O) groups is 2. The molecule has 120 valence electrons. The van der Waals surface area contributed by atoms with Gasteiger partial charge < -0.3 is 10.4 Å². The number of anilines is 2. The minimum atomic E-state index is -4.56. The molecule has 0 saturated heterocycles. The van der Waals surface area contributed by atoms with Crippen LogP contribution in [0.3, 0.4) is 0 Å². The van der Waals surface area contributed by atoms with E-state index in [0.29, 0.717) is 0 Å². The molecule has 0 spiro atoms. The van der Waals surface area contributed by atoms with E-state index in [1.807, 2.05) is 0 Å². The van der Waals surface area contributed by atoms with Crippen LogP contribution in [0.25, 0.3) is 0 Å². The molecule has 0 aliphatic carbocycles.